The summed E-state index contributed by atoms with van der Waals surface area (Å²) in [7, 11) is 0.835. The van der Waals surface area contributed by atoms with Gasteiger partial charge in [0.05, 0.1) is 16.4 Å². The maximum Gasteiger partial charge on any atom is 0.403 e. The Morgan fingerprint density at radius 2 is 2.17 bits per heavy atom. The molecule has 96 valence electrons. The van der Waals surface area contributed by atoms with Crippen LogP contribution in [0.15, 0.2) is 6.07 Å². The second kappa shape index (κ2) is 3.79. The van der Waals surface area contributed by atoms with Gasteiger partial charge < -0.3 is 4.18 Å². The molecule has 0 aliphatic heterocycles. The Hall–Kier alpha value is -1.41. The molecular formula is C9H9ClN4O3S. The van der Waals surface area contributed by atoms with Crippen LogP contribution in [0.4, 0.5) is 0 Å². The van der Waals surface area contributed by atoms with Gasteiger partial charge in [-0.25, -0.2) is 4.98 Å². The van der Waals surface area contributed by atoms with Crippen molar-refractivity contribution < 1.29 is 12.6 Å². The van der Waals surface area contributed by atoms with E-state index in [0.29, 0.717) is 11.7 Å². The van der Waals surface area contributed by atoms with E-state index < -0.39 is 9.33 Å². The quantitative estimate of drug-likeness (QED) is 0.788. The van der Waals surface area contributed by atoms with Crippen LogP contribution in [0, 0.1) is 6.92 Å². The number of nitrogens with zero attached hydrogens (tertiary/aromatic N) is 4. The molecule has 9 heteroatoms. The summed E-state index contributed by atoms with van der Waals surface area (Å²) >= 11 is 0. The predicted molar refractivity (Wildman–Crippen MR) is 62.9 cm³/mol. The summed E-state index contributed by atoms with van der Waals surface area (Å²) in [4.78, 5) is 8.05. The van der Waals surface area contributed by atoms with Gasteiger partial charge in [0.15, 0.2) is 0 Å². The average molecular weight is 289 g/mol. The van der Waals surface area contributed by atoms with Crippen LogP contribution < -0.4 is 4.18 Å². The zero-order valence-electron chi connectivity index (χ0n) is 9.37. The maximum absolute atomic E-state index is 10.8. The van der Waals surface area contributed by atoms with Gasteiger partial charge in [0.25, 0.3) is 5.78 Å². The highest BCUT2D eigenvalue weighted by atomic mass is 35.7. The Balaban J connectivity index is 2.13. The Morgan fingerprint density at radius 1 is 1.44 bits per heavy atom. The first kappa shape index (κ1) is 11.7. The fourth-order valence-corrected chi connectivity index (χ4v) is 2.21. The summed E-state index contributed by atoms with van der Waals surface area (Å²) in [6, 6.07) is 1.60. The van der Waals surface area contributed by atoms with Crippen LogP contribution in [0.1, 0.15) is 30.1 Å². The minimum atomic E-state index is -4.15. The summed E-state index contributed by atoms with van der Waals surface area (Å²) in [5.41, 5.74) is 1.77. The molecule has 2 aromatic rings. The molecule has 0 atom stereocenters. The molecule has 0 saturated heterocycles. The molecule has 0 unspecified atom stereocenters. The highest BCUT2D eigenvalue weighted by Gasteiger charge is 2.28. The predicted octanol–water partition coefficient (Wildman–Crippen LogP) is 1.17. The smallest absolute Gasteiger partial charge is 0.330 e. The van der Waals surface area contributed by atoms with Gasteiger partial charge in [-0.05, 0) is 25.8 Å². The van der Waals surface area contributed by atoms with Gasteiger partial charge in [0.2, 0.25) is 0 Å². The summed E-state index contributed by atoms with van der Waals surface area (Å²) in [5.74, 6) is 0.739. The van der Waals surface area contributed by atoms with Crippen molar-refractivity contribution in [1.82, 2.24) is 19.6 Å². The van der Waals surface area contributed by atoms with E-state index in [2.05, 4.69) is 19.2 Å². The van der Waals surface area contributed by atoms with Gasteiger partial charge in [-0.1, -0.05) is 0 Å². The molecule has 0 N–H and O–H groups in total. The van der Waals surface area contributed by atoms with Crippen molar-refractivity contribution in [2.75, 3.05) is 0 Å². The highest BCUT2D eigenvalue weighted by molar-refractivity contribution is 8.10. The van der Waals surface area contributed by atoms with Crippen LogP contribution in [-0.4, -0.2) is 28.0 Å². The fraction of sp³-hybridized carbons (Fsp3) is 0.444. The van der Waals surface area contributed by atoms with E-state index in [0.717, 1.165) is 24.2 Å². The minimum absolute atomic E-state index is 0.312. The Bertz CT molecular complexity index is 723. The third-order valence-corrected chi connectivity index (χ3v) is 3.16. The normalized spacial score (nSPS) is 16.1. The summed E-state index contributed by atoms with van der Waals surface area (Å²) in [6.07, 6.45) is 2.17. The molecule has 7 nitrogen and oxygen atoms in total. The van der Waals surface area contributed by atoms with E-state index in [1.807, 2.05) is 13.0 Å². The third-order valence-electron chi connectivity index (χ3n) is 2.62. The molecule has 1 fully saturated rings. The van der Waals surface area contributed by atoms with E-state index >= 15 is 0 Å². The topological polar surface area (TPSA) is 86.5 Å². The molecule has 0 aromatic carbocycles. The van der Waals surface area contributed by atoms with Gasteiger partial charge in [-0.15, -0.1) is 5.10 Å². The van der Waals surface area contributed by atoms with Crippen LogP contribution in [0.5, 0.6) is 6.01 Å². The zero-order valence-corrected chi connectivity index (χ0v) is 10.9. The second-order valence-corrected chi connectivity index (χ2v) is 6.27. The summed E-state index contributed by atoms with van der Waals surface area (Å²) < 4.78 is 27.6. The Kier molecular flexibility index (Phi) is 2.46. The van der Waals surface area contributed by atoms with Crippen LogP contribution in [0.3, 0.4) is 0 Å². The maximum atomic E-state index is 10.8. The molecule has 3 rings (SSSR count). The molecule has 0 radical (unpaired) electrons. The van der Waals surface area contributed by atoms with Crippen molar-refractivity contribution >= 4 is 25.8 Å². The number of fused-ring (bicyclic) bond motifs is 1. The lowest BCUT2D eigenvalue weighted by molar-refractivity contribution is 0.479. The molecule has 2 heterocycles. The monoisotopic (exact) mass is 288 g/mol. The van der Waals surface area contributed by atoms with Crippen LogP contribution >= 0.6 is 10.7 Å². The Labute approximate surface area is 107 Å². The van der Waals surface area contributed by atoms with Crippen molar-refractivity contribution in [3.05, 3.63) is 17.5 Å². The van der Waals surface area contributed by atoms with E-state index in [9.17, 15) is 8.42 Å². The van der Waals surface area contributed by atoms with Crippen LogP contribution in [0.25, 0.3) is 5.78 Å². The van der Waals surface area contributed by atoms with Crippen LogP contribution in [-0.2, 0) is 9.33 Å². The van der Waals surface area contributed by atoms with E-state index in [1.165, 1.54) is 4.52 Å². The molecule has 18 heavy (non-hydrogen) atoms. The van der Waals surface area contributed by atoms with Crippen LogP contribution in [0.2, 0.25) is 0 Å². The number of hydrogen-bond donors (Lipinski definition) is 0. The van der Waals surface area contributed by atoms with Crippen molar-refractivity contribution in [2.24, 2.45) is 0 Å². The first-order valence-corrected chi connectivity index (χ1v) is 7.54. The molecule has 0 bridgehead atoms. The zero-order chi connectivity index (χ0) is 12.9. The van der Waals surface area contributed by atoms with Gasteiger partial charge in [0.1, 0.15) is 0 Å². The standard InChI is InChI=1S/C9H9ClN4O3S/c1-5-4-7(6-2-3-6)14-8(11-5)12-9(13-14)17-18(10,15)16/h4,6H,2-3H2,1H3. The van der Waals surface area contributed by atoms with Crippen molar-refractivity contribution in [1.29, 1.82) is 0 Å². The molecule has 1 aliphatic rings. The number of aromatic nitrogens is 4. The van der Waals surface area contributed by atoms with Crippen molar-refractivity contribution in [3.8, 4) is 6.01 Å². The van der Waals surface area contributed by atoms with E-state index in [1.54, 1.807) is 0 Å². The largest absolute Gasteiger partial charge is 0.403 e. The first-order valence-electron chi connectivity index (χ1n) is 5.31. The van der Waals surface area contributed by atoms with E-state index in [-0.39, 0.29) is 6.01 Å². The third kappa shape index (κ3) is 2.25. The molecule has 0 amide bonds. The Morgan fingerprint density at radius 3 is 2.78 bits per heavy atom. The van der Waals surface area contributed by atoms with Crippen molar-refractivity contribution in [2.45, 2.75) is 25.7 Å². The number of hydrogen-bond acceptors (Lipinski definition) is 6. The lowest BCUT2D eigenvalue weighted by atomic mass is 10.2. The molecule has 0 spiro atoms. The van der Waals surface area contributed by atoms with Gasteiger partial charge in [-0.2, -0.15) is 17.9 Å². The molecule has 2 aromatic heterocycles. The van der Waals surface area contributed by atoms with Gasteiger partial charge in [0, 0.05) is 11.6 Å². The second-order valence-electron chi connectivity index (χ2n) is 4.18. The average Bonchev–Trinajstić information content (AvgIpc) is 2.97. The van der Waals surface area contributed by atoms with E-state index in [4.69, 9.17) is 10.7 Å². The fourth-order valence-electron chi connectivity index (χ4n) is 1.79. The molecule has 1 aliphatic carbocycles. The number of aryl methyl sites for hydroxylation is 1. The lowest BCUT2D eigenvalue weighted by Gasteiger charge is -2.01. The minimum Gasteiger partial charge on any atom is -0.330 e. The number of rotatable bonds is 3. The molecular weight excluding hydrogens is 280 g/mol. The summed E-state index contributed by atoms with van der Waals surface area (Å²) in [6.45, 7) is 1.85. The van der Waals surface area contributed by atoms with Crippen molar-refractivity contribution in [3.63, 3.8) is 0 Å². The first-order chi connectivity index (χ1) is 8.42. The highest BCUT2D eigenvalue weighted by Crippen LogP contribution is 2.40. The SMILES string of the molecule is Cc1cc(C2CC2)n2nc(OS(=O)(=O)Cl)nc2n1. The lowest BCUT2D eigenvalue weighted by Crippen LogP contribution is -2.02. The van der Waals surface area contributed by atoms with Gasteiger partial charge in [-0.3, -0.25) is 0 Å². The van der Waals surface area contributed by atoms with Gasteiger partial charge >= 0.3 is 15.3 Å². The molecule has 1 saturated carbocycles. The summed E-state index contributed by atoms with van der Waals surface area (Å²) in [5, 5.41) is 3.96. The number of halogens is 1.